The Kier molecular flexibility index (Phi) is 3.21. The highest BCUT2D eigenvalue weighted by atomic mass is 15.2. The molecule has 92 valence electrons. The van der Waals surface area contributed by atoms with Gasteiger partial charge in [0.2, 0.25) is 0 Å². The van der Waals surface area contributed by atoms with Crippen molar-refractivity contribution in [2.75, 3.05) is 26.2 Å². The number of fused-ring (bicyclic) bond motifs is 1. The molecule has 0 bridgehead atoms. The highest BCUT2D eigenvalue weighted by Gasteiger charge is 2.36. The van der Waals surface area contributed by atoms with Gasteiger partial charge in [0.25, 0.3) is 0 Å². The molecule has 0 radical (unpaired) electrons. The first kappa shape index (κ1) is 11.0. The van der Waals surface area contributed by atoms with E-state index in [1.54, 1.807) is 0 Å². The first-order valence-electron chi connectivity index (χ1n) is 7.29. The van der Waals surface area contributed by atoms with Gasteiger partial charge in [-0.2, -0.15) is 0 Å². The summed E-state index contributed by atoms with van der Waals surface area (Å²) in [6, 6.07) is 0.836. The van der Waals surface area contributed by atoms with Crippen molar-refractivity contribution < 1.29 is 0 Å². The van der Waals surface area contributed by atoms with Crippen molar-refractivity contribution in [3.63, 3.8) is 0 Å². The van der Waals surface area contributed by atoms with Crippen molar-refractivity contribution in [3.8, 4) is 0 Å². The zero-order chi connectivity index (χ0) is 11.0. The van der Waals surface area contributed by atoms with Gasteiger partial charge in [-0.05, 0) is 43.7 Å². The lowest BCUT2D eigenvalue weighted by molar-refractivity contribution is 0.0513. The molecular formula is C14H26N2. The molecule has 4 atom stereocenters. The van der Waals surface area contributed by atoms with E-state index in [0.29, 0.717) is 0 Å². The molecule has 0 aromatic heterocycles. The van der Waals surface area contributed by atoms with E-state index < -0.39 is 0 Å². The second kappa shape index (κ2) is 4.66. The van der Waals surface area contributed by atoms with Crippen molar-refractivity contribution in [1.82, 2.24) is 10.2 Å². The van der Waals surface area contributed by atoms with Gasteiger partial charge in [0.05, 0.1) is 0 Å². The predicted molar refractivity (Wildman–Crippen MR) is 67.5 cm³/mol. The van der Waals surface area contributed by atoms with Crippen LogP contribution in [0.3, 0.4) is 0 Å². The van der Waals surface area contributed by atoms with Crippen LogP contribution < -0.4 is 5.32 Å². The molecule has 2 heterocycles. The summed E-state index contributed by atoms with van der Waals surface area (Å²) in [5.41, 5.74) is 0. The Balaban J connectivity index is 1.61. The molecule has 3 fully saturated rings. The highest BCUT2D eigenvalue weighted by molar-refractivity contribution is 4.91. The van der Waals surface area contributed by atoms with Gasteiger partial charge in [0.1, 0.15) is 0 Å². The number of hydrogen-bond donors (Lipinski definition) is 1. The number of nitrogens with one attached hydrogen (secondary N) is 1. The smallest absolute Gasteiger partial charge is 0.0258 e. The molecule has 2 saturated heterocycles. The average Bonchev–Trinajstić information content (AvgIpc) is 2.75. The number of piperidine rings is 1. The lowest BCUT2D eigenvalue weighted by atomic mass is 9.74. The summed E-state index contributed by atoms with van der Waals surface area (Å²) in [5.74, 6) is 2.98. The van der Waals surface area contributed by atoms with E-state index in [1.807, 2.05) is 0 Å². The second-order valence-electron chi connectivity index (χ2n) is 6.29. The van der Waals surface area contributed by atoms with Gasteiger partial charge < -0.3 is 5.32 Å². The average molecular weight is 222 g/mol. The minimum Gasteiger partial charge on any atom is -0.315 e. The number of rotatable bonds is 1. The van der Waals surface area contributed by atoms with Gasteiger partial charge in [0, 0.05) is 19.1 Å². The molecule has 0 aromatic carbocycles. The van der Waals surface area contributed by atoms with Crippen LogP contribution in [0.2, 0.25) is 0 Å². The first-order valence-corrected chi connectivity index (χ1v) is 7.29. The number of likely N-dealkylation sites (tertiary alicyclic amines) is 1. The summed E-state index contributed by atoms with van der Waals surface area (Å²) in [4.78, 5) is 2.80. The van der Waals surface area contributed by atoms with Crippen LogP contribution in [0.1, 0.15) is 39.0 Å². The van der Waals surface area contributed by atoms with E-state index >= 15 is 0 Å². The molecule has 1 saturated carbocycles. The predicted octanol–water partition coefficient (Wildman–Crippen LogP) is 2.11. The van der Waals surface area contributed by atoms with Crippen LogP contribution in [0.15, 0.2) is 0 Å². The summed E-state index contributed by atoms with van der Waals surface area (Å²) in [6.45, 7) is 7.66. The quantitative estimate of drug-likeness (QED) is 0.731. The van der Waals surface area contributed by atoms with Crippen LogP contribution in [-0.2, 0) is 0 Å². The third-order valence-electron chi connectivity index (χ3n) is 5.27. The minimum atomic E-state index is 0.836. The molecule has 0 aromatic rings. The maximum Gasteiger partial charge on any atom is 0.0258 e. The van der Waals surface area contributed by atoms with Gasteiger partial charge in [-0.15, -0.1) is 0 Å². The summed E-state index contributed by atoms with van der Waals surface area (Å²) >= 11 is 0. The van der Waals surface area contributed by atoms with E-state index in [9.17, 15) is 0 Å². The van der Waals surface area contributed by atoms with Crippen LogP contribution in [0.4, 0.5) is 0 Å². The fraction of sp³-hybridized carbons (Fsp3) is 1.00. The normalized spacial score (nSPS) is 45.6. The standard InChI is InChI=1S/C14H26N2/c1-11-8-15-9-14(11)16-7-6-12-4-2-3-5-13(12)10-16/h11-15H,2-10H2,1H3. The Morgan fingerprint density at radius 3 is 2.56 bits per heavy atom. The van der Waals surface area contributed by atoms with Gasteiger partial charge in [-0.25, -0.2) is 0 Å². The van der Waals surface area contributed by atoms with E-state index in [4.69, 9.17) is 0 Å². The molecule has 2 heteroatoms. The Labute approximate surface area is 99.8 Å². The zero-order valence-corrected chi connectivity index (χ0v) is 10.6. The van der Waals surface area contributed by atoms with Crippen molar-refractivity contribution in [2.45, 2.75) is 45.1 Å². The monoisotopic (exact) mass is 222 g/mol. The van der Waals surface area contributed by atoms with Crippen LogP contribution in [-0.4, -0.2) is 37.1 Å². The van der Waals surface area contributed by atoms with Crippen LogP contribution >= 0.6 is 0 Å². The second-order valence-corrected chi connectivity index (χ2v) is 6.29. The van der Waals surface area contributed by atoms with E-state index in [2.05, 4.69) is 17.1 Å². The third-order valence-corrected chi connectivity index (χ3v) is 5.27. The first-order chi connectivity index (χ1) is 7.84. The van der Waals surface area contributed by atoms with Gasteiger partial charge in [0.15, 0.2) is 0 Å². The van der Waals surface area contributed by atoms with Gasteiger partial charge in [-0.3, -0.25) is 4.90 Å². The summed E-state index contributed by atoms with van der Waals surface area (Å²) < 4.78 is 0. The lowest BCUT2D eigenvalue weighted by Gasteiger charge is -2.44. The van der Waals surface area contributed by atoms with E-state index in [-0.39, 0.29) is 0 Å². The molecule has 16 heavy (non-hydrogen) atoms. The lowest BCUT2D eigenvalue weighted by Crippen LogP contribution is -2.49. The maximum atomic E-state index is 3.55. The molecular weight excluding hydrogens is 196 g/mol. The summed E-state index contributed by atoms with van der Waals surface area (Å²) in [6.07, 6.45) is 7.51. The molecule has 2 nitrogen and oxygen atoms in total. The number of hydrogen-bond acceptors (Lipinski definition) is 2. The van der Waals surface area contributed by atoms with Crippen LogP contribution in [0.5, 0.6) is 0 Å². The van der Waals surface area contributed by atoms with E-state index in [1.165, 1.54) is 58.3 Å². The molecule has 1 N–H and O–H groups in total. The van der Waals surface area contributed by atoms with Crippen molar-refractivity contribution in [1.29, 1.82) is 0 Å². The molecule has 4 unspecified atom stereocenters. The SMILES string of the molecule is CC1CNCC1N1CCC2CCCCC2C1. The molecule has 3 rings (SSSR count). The van der Waals surface area contributed by atoms with Gasteiger partial charge in [-0.1, -0.05) is 26.2 Å². The number of nitrogens with zero attached hydrogens (tertiary/aromatic N) is 1. The molecule has 0 amide bonds. The van der Waals surface area contributed by atoms with Crippen molar-refractivity contribution >= 4 is 0 Å². The molecule has 2 aliphatic heterocycles. The third kappa shape index (κ3) is 2.02. The summed E-state index contributed by atoms with van der Waals surface area (Å²) in [5, 5.41) is 3.55. The molecule has 0 spiro atoms. The van der Waals surface area contributed by atoms with Crippen LogP contribution in [0.25, 0.3) is 0 Å². The van der Waals surface area contributed by atoms with Crippen LogP contribution in [0, 0.1) is 17.8 Å². The van der Waals surface area contributed by atoms with Gasteiger partial charge >= 0.3 is 0 Å². The Morgan fingerprint density at radius 2 is 1.81 bits per heavy atom. The fourth-order valence-corrected chi connectivity index (χ4v) is 4.22. The Bertz CT molecular complexity index is 241. The topological polar surface area (TPSA) is 15.3 Å². The van der Waals surface area contributed by atoms with E-state index in [0.717, 1.165) is 23.8 Å². The minimum absolute atomic E-state index is 0.836. The summed E-state index contributed by atoms with van der Waals surface area (Å²) in [7, 11) is 0. The van der Waals surface area contributed by atoms with Crippen molar-refractivity contribution in [3.05, 3.63) is 0 Å². The highest BCUT2D eigenvalue weighted by Crippen LogP contribution is 2.37. The molecule has 3 aliphatic rings. The fourth-order valence-electron chi connectivity index (χ4n) is 4.22. The Hall–Kier alpha value is -0.0800. The van der Waals surface area contributed by atoms with Crippen molar-refractivity contribution in [2.24, 2.45) is 17.8 Å². The largest absolute Gasteiger partial charge is 0.315 e. The maximum absolute atomic E-state index is 3.55. The zero-order valence-electron chi connectivity index (χ0n) is 10.6. The molecule has 1 aliphatic carbocycles. The Morgan fingerprint density at radius 1 is 1.00 bits per heavy atom.